The highest BCUT2D eigenvalue weighted by Crippen LogP contribution is 1.90. The lowest BCUT2D eigenvalue weighted by atomic mass is 10.3. The van der Waals surface area contributed by atoms with Crippen LogP contribution in [-0.2, 0) is 9.59 Å². The van der Waals surface area contributed by atoms with Gasteiger partial charge in [-0.15, -0.1) is 0 Å². The van der Waals surface area contributed by atoms with Gasteiger partial charge < -0.3 is 15.7 Å². The summed E-state index contributed by atoms with van der Waals surface area (Å²) in [5.74, 6) is -1.56. The standard InChI is InChI=1S/C9H13N3O3/c1-2-3-12-9(15)7(4-10)5-11-6-8(13)14/h5,11H,2-3,6H2,1H3,(H,12,15)(H,13,14)/b7-5-. The molecule has 0 saturated heterocycles. The molecule has 3 N–H and O–H groups in total. The Balaban J connectivity index is 4.17. The van der Waals surface area contributed by atoms with Crippen LogP contribution in [0, 0.1) is 11.3 Å². The highest BCUT2D eigenvalue weighted by atomic mass is 16.4. The van der Waals surface area contributed by atoms with E-state index in [4.69, 9.17) is 10.4 Å². The number of rotatable bonds is 6. The van der Waals surface area contributed by atoms with Gasteiger partial charge in [0.25, 0.3) is 5.91 Å². The molecule has 0 aliphatic rings. The van der Waals surface area contributed by atoms with Crippen LogP contribution >= 0.6 is 0 Å². The molecule has 0 unspecified atom stereocenters. The maximum atomic E-state index is 11.2. The molecule has 0 heterocycles. The van der Waals surface area contributed by atoms with Gasteiger partial charge in [0.15, 0.2) is 0 Å². The molecule has 6 heteroatoms. The van der Waals surface area contributed by atoms with Crippen LogP contribution in [0.5, 0.6) is 0 Å². The number of amides is 1. The second kappa shape index (κ2) is 7.38. The largest absolute Gasteiger partial charge is 0.480 e. The average molecular weight is 211 g/mol. The number of nitrogens with one attached hydrogen (secondary N) is 2. The summed E-state index contributed by atoms with van der Waals surface area (Å²) < 4.78 is 0. The molecule has 0 saturated carbocycles. The lowest BCUT2D eigenvalue weighted by Crippen LogP contribution is -2.27. The fourth-order valence-corrected chi connectivity index (χ4v) is 0.723. The van der Waals surface area contributed by atoms with E-state index in [0.29, 0.717) is 6.54 Å². The summed E-state index contributed by atoms with van der Waals surface area (Å²) in [6.07, 6.45) is 1.87. The molecular formula is C9H13N3O3. The van der Waals surface area contributed by atoms with Crippen molar-refractivity contribution in [2.24, 2.45) is 0 Å². The van der Waals surface area contributed by atoms with E-state index in [2.05, 4.69) is 10.6 Å². The maximum Gasteiger partial charge on any atom is 0.322 e. The second-order valence-electron chi connectivity index (χ2n) is 2.70. The molecule has 0 aliphatic carbocycles. The normalized spacial score (nSPS) is 10.3. The summed E-state index contributed by atoms with van der Waals surface area (Å²) in [5, 5.41) is 21.8. The molecule has 0 aromatic rings. The van der Waals surface area contributed by atoms with Crippen LogP contribution in [0.2, 0.25) is 0 Å². The highest BCUT2D eigenvalue weighted by Gasteiger charge is 2.07. The maximum absolute atomic E-state index is 11.2. The van der Waals surface area contributed by atoms with Crippen LogP contribution in [-0.4, -0.2) is 30.1 Å². The van der Waals surface area contributed by atoms with Gasteiger partial charge in [0, 0.05) is 12.7 Å². The smallest absolute Gasteiger partial charge is 0.322 e. The lowest BCUT2D eigenvalue weighted by molar-refractivity contribution is -0.135. The Labute approximate surface area is 87.6 Å². The molecule has 0 spiro atoms. The molecule has 0 aromatic carbocycles. The highest BCUT2D eigenvalue weighted by molar-refractivity contribution is 5.97. The molecule has 0 bridgehead atoms. The summed E-state index contributed by atoms with van der Waals surface area (Å²) in [5.41, 5.74) is -0.135. The van der Waals surface area contributed by atoms with E-state index in [9.17, 15) is 9.59 Å². The van der Waals surface area contributed by atoms with E-state index in [0.717, 1.165) is 12.6 Å². The van der Waals surface area contributed by atoms with Crippen LogP contribution in [0.3, 0.4) is 0 Å². The number of carboxylic acids is 1. The molecule has 1 amide bonds. The monoisotopic (exact) mass is 211 g/mol. The van der Waals surface area contributed by atoms with Crippen LogP contribution < -0.4 is 10.6 Å². The Morgan fingerprint density at radius 3 is 2.67 bits per heavy atom. The van der Waals surface area contributed by atoms with E-state index in [1.165, 1.54) is 0 Å². The van der Waals surface area contributed by atoms with Crippen molar-refractivity contribution < 1.29 is 14.7 Å². The van der Waals surface area contributed by atoms with Crippen molar-refractivity contribution in [1.29, 1.82) is 5.26 Å². The lowest BCUT2D eigenvalue weighted by Gasteiger charge is -2.01. The number of hydrogen-bond donors (Lipinski definition) is 3. The van der Waals surface area contributed by atoms with Crippen LogP contribution in [0.25, 0.3) is 0 Å². The third-order valence-electron chi connectivity index (χ3n) is 1.40. The van der Waals surface area contributed by atoms with E-state index in [1.54, 1.807) is 6.07 Å². The van der Waals surface area contributed by atoms with Gasteiger partial charge in [0.05, 0.1) is 0 Å². The molecule has 0 atom stereocenters. The molecule has 0 rings (SSSR count). The number of carbonyl (C=O) groups excluding carboxylic acids is 1. The molecule has 15 heavy (non-hydrogen) atoms. The van der Waals surface area contributed by atoms with Crippen molar-refractivity contribution in [3.8, 4) is 6.07 Å². The molecular weight excluding hydrogens is 198 g/mol. The minimum absolute atomic E-state index is 0.135. The van der Waals surface area contributed by atoms with Gasteiger partial charge in [-0.05, 0) is 6.42 Å². The SMILES string of the molecule is CCCNC(=O)/C(C#N)=C\NCC(=O)O. The number of carboxylic acid groups (broad SMARTS) is 1. The fourth-order valence-electron chi connectivity index (χ4n) is 0.723. The Hall–Kier alpha value is -2.03. The number of nitrogens with zero attached hydrogens (tertiary/aromatic N) is 1. The van der Waals surface area contributed by atoms with Gasteiger partial charge in [-0.1, -0.05) is 6.92 Å². The van der Waals surface area contributed by atoms with E-state index >= 15 is 0 Å². The second-order valence-corrected chi connectivity index (χ2v) is 2.70. The van der Waals surface area contributed by atoms with Gasteiger partial charge in [0.2, 0.25) is 0 Å². The van der Waals surface area contributed by atoms with Gasteiger partial charge in [-0.25, -0.2) is 0 Å². The Morgan fingerprint density at radius 1 is 1.53 bits per heavy atom. The van der Waals surface area contributed by atoms with Gasteiger partial charge in [-0.2, -0.15) is 5.26 Å². The van der Waals surface area contributed by atoms with Crippen molar-refractivity contribution >= 4 is 11.9 Å². The fraction of sp³-hybridized carbons (Fsp3) is 0.444. The van der Waals surface area contributed by atoms with Gasteiger partial charge in [-0.3, -0.25) is 9.59 Å². The summed E-state index contributed by atoms with van der Waals surface area (Å²) >= 11 is 0. The molecule has 6 nitrogen and oxygen atoms in total. The first-order valence-electron chi connectivity index (χ1n) is 4.45. The predicted molar refractivity (Wildman–Crippen MR) is 52.6 cm³/mol. The molecule has 0 aliphatic heterocycles. The van der Waals surface area contributed by atoms with Crippen LogP contribution in [0.15, 0.2) is 11.8 Å². The van der Waals surface area contributed by atoms with E-state index in [-0.39, 0.29) is 12.1 Å². The molecule has 82 valence electrons. The zero-order valence-corrected chi connectivity index (χ0v) is 8.41. The van der Waals surface area contributed by atoms with E-state index in [1.807, 2.05) is 6.92 Å². The average Bonchev–Trinajstić information content (AvgIpc) is 2.20. The third-order valence-corrected chi connectivity index (χ3v) is 1.40. The number of carbonyl (C=O) groups is 2. The molecule has 0 fully saturated rings. The first kappa shape index (κ1) is 13.0. The topological polar surface area (TPSA) is 102 Å². The van der Waals surface area contributed by atoms with Crippen molar-refractivity contribution in [1.82, 2.24) is 10.6 Å². The Bertz CT molecular complexity index is 304. The zero-order valence-electron chi connectivity index (χ0n) is 8.41. The van der Waals surface area contributed by atoms with Crippen molar-refractivity contribution in [3.63, 3.8) is 0 Å². The Kier molecular flexibility index (Phi) is 6.38. The van der Waals surface area contributed by atoms with Crippen molar-refractivity contribution in [2.75, 3.05) is 13.1 Å². The van der Waals surface area contributed by atoms with Gasteiger partial charge in [0.1, 0.15) is 18.2 Å². The van der Waals surface area contributed by atoms with E-state index < -0.39 is 11.9 Å². The van der Waals surface area contributed by atoms with Crippen LogP contribution in [0.1, 0.15) is 13.3 Å². The summed E-state index contributed by atoms with van der Waals surface area (Å²) in [4.78, 5) is 21.4. The number of nitriles is 1. The van der Waals surface area contributed by atoms with Gasteiger partial charge >= 0.3 is 5.97 Å². The van der Waals surface area contributed by atoms with Crippen molar-refractivity contribution in [2.45, 2.75) is 13.3 Å². The molecule has 0 radical (unpaired) electrons. The van der Waals surface area contributed by atoms with Crippen LogP contribution in [0.4, 0.5) is 0 Å². The third kappa shape index (κ3) is 6.10. The molecule has 0 aromatic heterocycles. The summed E-state index contributed by atoms with van der Waals surface area (Å²) in [6, 6.07) is 1.68. The first-order valence-corrected chi connectivity index (χ1v) is 4.45. The summed E-state index contributed by atoms with van der Waals surface area (Å²) in [6.45, 7) is 2.04. The van der Waals surface area contributed by atoms with Crippen molar-refractivity contribution in [3.05, 3.63) is 11.8 Å². The quantitative estimate of drug-likeness (QED) is 0.409. The minimum atomic E-state index is -1.06. The number of aliphatic carboxylic acids is 1. The zero-order chi connectivity index (χ0) is 11.7. The first-order chi connectivity index (χ1) is 7.11. The minimum Gasteiger partial charge on any atom is -0.480 e. The predicted octanol–water partition coefficient (Wildman–Crippen LogP) is -0.406. The Morgan fingerprint density at radius 2 is 2.20 bits per heavy atom. The summed E-state index contributed by atoms with van der Waals surface area (Å²) in [7, 11) is 0. The number of hydrogen-bond acceptors (Lipinski definition) is 4.